The summed E-state index contributed by atoms with van der Waals surface area (Å²) in [6.07, 6.45) is 4.55. The minimum atomic E-state index is -0.219. The molecule has 24 heavy (non-hydrogen) atoms. The average molecular weight is 460 g/mol. The lowest BCUT2D eigenvalue weighted by Crippen LogP contribution is -2.33. The van der Waals surface area contributed by atoms with Gasteiger partial charge in [0.15, 0.2) is 5.96 Å². The number of benzene rings is 1. The lowest BCUT2D eigenvalue weighted by Gasteiger charge is -2.08. The number of nitrogens with one attached hydrogen (secondary N) is 1. The molecular formula is C17H22FIN4S. The molecule has 3 N–H and O–H groups in total. The van der Waals surface area contributed by atoms with Crippen LogP contribution in [-0.2, 0) is 18.7 Å². The number of aromatic nitrogens is 1. The van der Waals surface area contributed by atoms with Crippen molar-refractivity contribution < 1.29 is 4.39 Å². The number of nitrogens with two attached hydrogens (primary N) is 1. The number of hydrogen-bond acceptors (Lipinski definition) is 3. The second kappa shape index (κ2) is 11.2. The van der Waals surface area contributed by atoms with Crippen LogP contribution in [0.4, 0.5) is 4.39 Å². The Hall–Kier alpha value is -1.35. The number of aliphatic imine (C=N–C) groups is 1. The lowest BCUT2D eigenvalue weighted by atomic mass is 10.1. The van der Waals surface area contributed by atoms with Crippen molar-refractivity contribution in [3.05, 3.63) is 65.2 Å². The molecule has 0 saturated carbocycles. The fourth-order valence-corrected chi connectivity index (χ4v) is 2.71. The zero-order valence-electron chi connectivity index (χ0n) is 13.5. The van der Waals surface area contributed by atoms with Gasteiger partial charge in [-0.05, 0) is 41.6 Å². The number of halogens is 2. The maximum Gasteiger partial charge on any atom is 0.188 e. The van der Waals surface area contributed by atoms with Crippen LogP contribution in [0.25, 0.3) is 0 Å². The average Bonchev–Trinajstić information content (AvgIpc) is 2.55. The third kappa shape index (κ3) is 7.04. The standard InChI is InChI=1S/C17H21FN4S.HI/c1-23-12-14-10-15(18)6-5-13(14)11-22-17(19)21-9-7-16-4-2-3-8-20-16;/h2-6,8,10H,7,9,11-12H2,1H3,(H3,19,21,22);1H. The highest BCUT2D eigenvalue weighted by Crippen LogP contribution is 2.17. The summed E-state index contributed by atoms with van der Waals surface area (Å²) in [4.78, 5) is 8.58. The van der Waals surface area contributed by atoms with E-state index in [4.69, 9.17) is 5.73 Å². The monoisotopic (exact) mass is 460 g/mol. The van der Waals surface area contributed by atoms with E-state index in [0.717, 1.165) is 29.0 Å². The van der Waals surface area contributed by atoms with Crippen molar-refractivity contribution >= 4 is 41.7 Å². The van der Waals surface area contributed by atoms with Crippen LogP contribution in [-0.4, -0.2) is 23.7 Å². The van der Waals surface area contributed by atoms with E-state index in [-0.39, 0.29) is 29.8 Å². The zero-order valence-corrected chi connectivity index (χ0v) is 16.7. The van der Waals surface area contributed by atoms with Crippen LogP contribution in [0.2, 0.25) is 0 Å². The van der Waals surface area contributed by atoms with Gasteiger partial charge in [0.1, 0.15) is 5.82 Å². The summed E-state index contributed by atoms with van der Waals surface area (Å²) in [5.41, 5.74) is 8.84. The predicted molar refractivity (Wildman–Crippen MR) is 110 cm³/mol. The molecule has 1 heterocycles. The molecule has 2 aromatic rings. The second-order valence-electron chi connectivity index (χ2n) is 5.05. The van der Waals surface area contributed by atoms with Gasteiger partial charge >= 0.3 is 0 Å². The summed E-state index contributed by atoms with van der Waals surface area (Å²) in [6, 6.07) is 10.6. The number of thioether (sulfide) groups is 1. The molecule has 0 amide bonds. The molecule has 0 atom stereocenters. The molecule has 0 fully saturated rings. The summed E-state index contributed by atoms with van der Waals surface area (Å²) in [5, 5.41) is 3.07. The molecule has 0 unspecified atom stereocenters. The molecule has 2 rings (SSSR count). The van der Waals surface area contributed by atoms with E-state index in [2.05, 4.69) is 15.3 Å². The maximum absolute atomic E-state index is 13.3. The summed E-state index contributed by atoms with van der Waals surface area (Å²) in [6.45, 7) is 1.12. The first-order valence-electron chi connectivity index (χ1n) is 7.39. The first-order valence-corrected chi connectivity index (χ1v) is 8.78. The molecule has 0 aliphatic rings. The van der Waals surface area contributed by atoms with Gasteiger partial charge in [0, 0.05) is 30.6 Å². The van der Waals surface area contributed by atoms with Crippen molar-refractivity contribution in [3.8, 4) is 0 Å². The minimum absolute atomic E-state index is 0. The molecule has 130 valence electrons. The van der Waals surface area contributed by atoms with Crippen molar-refractivity contribution in [2.45, 2.75) is 18.7 Å². The third-order valence-electron chi connectivity index (χ3n) is 3.30. The van der Waals surface area contributed by atoms with Gasteiger partial charge in [-0.25, -0.2) is 9.38 Å². The molecule has 0 aliphatic carbocycles. The van der Waals surface area contributed by atoms with Gasteiger partial charge in [0.25, 0.3) is 0 Å². The number of rotatable bonds is 7. The molecule has 0 saturated heterocycles. The first kappa shape index (κ1) is 20.7. The van der Waals surface area contributed by atoms with E-state index in [1.165, 1.54) is 6.07 Å². The largest absolute Gasteiger partial charge is 0.370 e. The van der Waals surface area contributed by atoms with Crippen LogP contribution in [0.15, 0.2) is 47.6 Å². The Morgan fingerprint density at radius 1 is 1.29 bits per heavy atom. The number of guanidine groups is 1. The van der Waals surface area contributed by atoms with Crippen LogP contribution in [0, 0.1) is 5.82 Å². The highest BCUT2D eigenvalue weighted by atomic mass is 127. The number of hydrogen-bond donors (Lipinski definition) is 2. The third-order valence-corrected chi connectivity index (χ3v) is 3.90. The molecule has 0 aliphatic heterocycles. The van der Waals surface area contributed by atoms with Crippen molar-refractivity contribution in [2.75, 3.05) is 12.8 Å². The normalized spacial score (nSPS) is 11.0. The van der Waals surface area contributed by atoms with Crippen molar-refractivity contribution in [2.24, 2.45) is 10.7 Å². The Balaban J connectivity index is 0.00000288. The fraction of sp³-hybridized carbons (Fsp3) is 0.294. The van der Waals surface area contributed by atoms with Crippen molar-refractivity contribution in [3.63, 3.8) is 0 Å². The Morgan fingerprint density at radius 3 is 2.83 bits per heavy atom. The lowest BCUT2D eigenvalue weighted by molar-refractivity contribution is 0.625. The van der Waals surface area contributed by atoms with Crippen molar-refractivity contribution in [1.82, 2.24) is 10.3 Å². The predicted octanol–water partition coefficient (Wildman–Crippen LogP) is 3.35. The smallest absolute Gasteiger partial charge is 0.188 e. The fourth-order valence-electron chi connectivity index (χ4n) is 2.13. The number of pyridine rings is 1. The van der Waals surface area contributed by atoms with Gasteiger partial charge in [0.05, 0.1) is 6.54 Å². The Bertz CT molecular complexity index is 652. The summed E-state index contributed by atoms with van der Waals surface area (Å²) in [5.74, 6) is 0.930. The molecule has 7 heteroatoms. The van der Waals surface area contributed by atoms with Crippen LogP contribution < -0.4 is 11.1 Å². The first-order chi connectivity index (χ1) is 11.2. The summed E-state index contributed by atoms with van der Waals surface area (Å²) < 4.78 is 13.3. The summed E-state index contributed by atoms with van der Waals surface area (Å²) >= 11 is 1.65. The van der Waals surface area contributed by atoms with Crippen LogP contribution >= 0.6 is 35.7 Å². The van der Waals surface area contributed by atoms with Gasteiger partial charge in [-0.2, -0.15) is 11.8 Å². The zero-order chi connectivity index (χ0) is 16.5. The highest BCUT2D eigenvalue weighted by molar-refractivity contribution is 14.0. The van der Waals surface area contributed by atoms with Crippen LogP contribution in [0.3, 0.4) is 0 Å². The Kier molecular flexibility index (Phi) is 9.70. The SMILES string of the molecule is CSCc1cc(F)ccc1CN=C(N)NCCc1ccccn1.I. The van der Waals surface area contributed by atoms with Gasteiger partial charge in [-0.3, -0.25) is 4.98 Å². The Morgan fingerprint density at radius 2 is 2.12 bits per heavy atom. The van der Waals surface area contributed by atoms with Gasteiger partial charge < -0.3 is 11.1 Å². The van der Waals surface area contributed by atoms with E-state index in [0.29, 0.717) is 19.0 Å². The van der Waals surface area contributed by atoms with E-state index < -0.39 is 0 Å². The van der Waals surface area contributed by atoms with Crippen LogP contribution in [0.5, 0.6) is 0 Å². The van der Waals surface area contributed by atoms with Gasteiger partial charge in [0.2, 0.25) is 0 Å². The molecular weight excluding hydrogens is 438 g/mol. The highest BCUT2D eigenvalue weighted by Gasteiger charge is 2.04. The maximum atomic E-state index is 13.3. The van der Waals surface area contributed by atoms with E-state index >= 15 is 0 Å². The second-order valence-corrected chi connectivity index (χ2v) is 5.91. The minimum Gasteiger partial charge on any atom is -0.370 e. The Labute approximate surface area is 163 Å². The van der Waals surface area contributed by atoms with Gasteiger partial charge in [-0.15, -0.1) is 24.0 Å². The van der Waals surface area contributed by atoms with Gasteiger partial charge in [-0.1, -0.05) is 12.1 Å². The molecule has 0 radical (unpaired) electrons. The van der Waals surface area contributed by atoms with E-state index in [1.807, 2.05) is 24.5 Å². The molecule has 0 bridgehead atoms. The molecule has 4 nitrogen and oxygen atoms in total. The van der Waals surface area contributed by atoms with Crippen LogP contribution in [0.1, 0.15) is 16.8 Å². The topological polar surface area (TPSA) is 63.3 Å². The molecule has 0 spiro atoms. The van der Waals surface area contributed by atoms with Crippen molar-refractivity contribution in [1.29, 1.82) is 0 Å². The van der Waals surface area contributed by atoms with E-state index in [9.17, 15) is 4.39 Å². The summed E-state index contributed by atoms with van der Waals surface area (Å²) in [7, 11) is 0. The molecule has 1 aromatic carbocycles. The molecule has 1 aromatic heterocycles. The number of nitrogens with zero attached hydrogens (tertiary/aromatic N) is 2. The quantitative estimate of drug-likeness (QED) is 0.378. The van der Waals surface area contributed by atoms with E-state index in [1.54, 1.807) is 30.1 Å².